The van der Waals surface area contributed by atoms with Crippen LogP contribution in [0.15, 0.2) is 23.6 Å². The summed E-state index contributed by atoms with van der Waals surface area (Å²) in [4.78, 5) is 22.0. The molecule has 154 valence electrons. The van der Waals surface area contributed by atoms with Crippen LogP contribution in [0.1, 0.15) is 19.3 Å². The summed E-state index contributed by atoms with van der Waals surface area (Å²) in [6, 6.07) is 3.72. The Kier molecular flexibility index (Phi) is 6.55. The van der Waals surface area contributed by atoms with Crippen LogP contribution in [0.5, 0.6) is 0 Å². The number of carboxylic acids is 1. The summed E-state index contributed by atoms with van der Waals surface area (Å²) in [6.45, 7) is 1.27. The lowest BCUT2D eigenvalue weighted by atomic mass is 9.95. The van der Waals surface area contributed by atoms with Gasteiger partial charge in [-0.05, 0) is 42.3 Å². The van der Waals surface area contributed by atoms with Gasteiger partial charge in [-0.25, -0.2) is 18.7 Å². The van der Waals surface area contributed by atoms with Crippen LogP contribution in [0.25, 0.3) is 21.6 Å². The SMILES string of the molecule is Cl.O=C(O)CC1CCCN(c2nc(-c3cc(F)c(Cl)cc3F)nc3ccsc23)C1. The molecule has 1 fully saturated rings. The van der Waals surface area contributed by atoms with Crippen molar-refractivity contribution in [3.8, 4) is 11.4 Å². The quantitative estimate of drug-likeness (QED) is 0.528. The summed E-state index contributed by atoms with van der Waals surface area (Å²) >= 11 is 7.12. The fourth-order valence-electron chi connectivity index (χ4n) is 3.55. The molecule has 1 aromatic carbocycles. The lowest BCUT2D eigenvalue weighted by Crippen LogP contribution is -2.37. The highest BCUT2D eigenvalue weighted by molar-refractivity contribution is 7.17. The normalized spacial score (nSPS) is 16.7. The van der Waals surface area contributed by atoms with Gasteiger partial charge in [0.2, 0.25) is 0 Å². The molecule has 0 bridgehead atoms. The minimum Gasteiger partial charge on any atom is -0.481 e. The average Bonchev–Trinajstić information content (AvgIpc) is 3.12. The van der Waals surface area contributed by atoms with Crippen molar-refractivity contribution in [2.45, 2.75) is 19.3 Å². The zero-order chi connectivity index (χ0) is 19.8. The molecule has 10 heteroatoms. The molecule has 29 heavy (non-hydrogen) atoms. The molecule has 0 spiro atoms. The van der Waals surface area contributed by atoms with E-state index in [0.29, 0.717) is 17.9 Å². The molecule has 0 aliphatic carbocycles. The van der Waals surface area contributed by atoms with Crippen LogP contribution >= 0.6 is 35.3 Å². The molecular weight excluding hydrogens is 443 g/mol. The Hall–Kier alpha value is -2.03. The number of nitrogens with zero attached hydrogens (tertiary/aromatic N) is 3. The summed E-state index contributed by atoms with van der Waals surface area (Å²) in [6.07, 6.45) is 1.78. The van der Waals surface area contributed by atoms with Gasteiger partial charge in [0.25, 0.3) is 0 Å². The molecule has 1 atom stereocenters. The van der Waals surface area contributed by atoms with Crippen molar-refractivity contribution in [2.75, 3.05) is 18.0 Å². The Bertz CT molecular complexity index is 1060. The third kappa shape index (κ3) is 4.44. The first-order valence-corrected chi connectivity index (χ1v) is 10.0. The molecule has 0 saturated carbocycles. The first-order valence-electron chi connectivity index (χ1n) is 8.79. The van der Waals surface area contributed by atoms with Crippen LogP contribution in [0, 0.1) is 17.6 Å². The van der Waals surface area contributed by atoms with E-state index in [0.717, 1.165) is 36.2 Å². The van der Waals surface area contributed by atoms with Crippen molar-refractivity contribution >= 4 is 57.3 Å². The van der Waals surface area contributed by atoms with Gasteiger partial charge in [-0.15, -0.1) is 23.7 Å². The first-order chi connectivity index (χ1) is 13.4. The summed E-state index contributed by atoms with van der Waals surface area (Å²) in [5.41, 5.74) is 0.579. The fraction of sp³-hybridized carbons (Fsp3) is 0.316. The van der Waals surface area contributed by atoms with Crippen LogP contribution < -0.4 is 4.90 Å². The van der Waals surface area contributed by atoms with Crippen molar-refractivity contribution in [1.82, 2.24) is 9.97 Å². The summed E-state index contributed by atoms with van der Waals surface area (Å²) in [5.74, 6) is -1.55. The van der Waals surface area contributed by atoms with Gasteiger partial charge in [0, 0.05) is 19.5 Å². The van der Waals surface area contributed by atoms with E-state index in [1.807, 2.05) is 10.3 Å². The molecule has 1 unspecified atom stereocenters. The highest BCUT2D eigenvalue weighted by Crippen LogP contribution is 2.35. The summed E-state index contributed by atoms with van der Waals surface area (Å²) in [5, 5.41) is 10.7. The maximum absolute atomic E-state index is 14.4. The van der Waals surface area contributed by atoms with E-state index in [4.69, 9.17) is 16.7 Å². The predicted octanol–water partition coefficient (Wildman–Crippen LogP) is 5.40. The number of hydrogen-bond donors (Lipinski definition) is 1. The number of carboxylic acid groups (broad SMARTS) is 1. The molecule has 3 heterocycles. The van der Waals surface area contributed by atoms with E-state index in [9.17, 15) is 13.6 Å². The van der Waals surface area contributed by atoms with Gasteiger partial charge >= 0.3 is 5.97 Å². The molecule has 2 aromatic heterocycles. The minimum absolute atomic E-state index is 0. The number of aromatic nitrogens is 2. The Morgan fingerprint density at radius 3 is 2.86 bits per heavy atom. The van der Waals surface area contributed by atoms with E-state index in [1.54, 1.807) is 6.07 Å². The molecule has 1 saturated heterocycles. The zero-order valence-electron chi connectivity index (χ0n) is 15.1. The molecular formula is C19H17Cl2F2N3O2S. The number of halogens is 4. The number of rotatable bonds is 4. The maximum atomic E-state index is 14.4. The monoisotopic (exact) mass is 459 g/mol. The van der Waals surface area contributed by atoms with E-state index < -0.39 is 17.6 Å². The second kappa shape index (κ2) is 8.77. The van der Waals surface area contributed by atoms with Gasteiger partial charge in [-0.1, -0.05) is 11.6 Å². The fourth-order valence-corrected chi connectivity index (χ4v) is 4.55. The molecule has 0 radical (unpaired) electrons. The lowest BCUT2D eigenvalue weighted by Gasteiger charge is -2.33. The number of carbonyl (C=O) groups is 1. The van der Waals surface area contributed by atoms with Crippen LogP contribution in [-0.2, 0) is 4.79 Å². The number of benzene rings is 1. The first kappa shape index (κ1) is 21.7. The topological polar surface area (TPSA) is 66.3 Å². The third-order valence-electron chi connectivity index (χ3n) is 4.82. The minimum atomic E-state index is -0.824. The maximum Gasteiger partial charge on any atom is 0.303 e. The van der Waals surface area contributed by atoms with Crippen LogP contribution in [-0.4, -0.2) is 34.1 Å². The molecule has 3 aromatic rings. The van der Waals surface area contributed by atoms with Gasteiger partial charge in [0.15, 0.2) is 11.6 Å². The lowest BCUT2D eigenvalue weighted by molar-refractivity contribution is -0.138. The van der Waals surface area contributed by atoms with Crippen LogP contribution in [0.2, 0.25) is 5.02 Å². The van der Waals surface area contributed by atoms with E-state index in [2.05, 4.69) is 9.97 Å². The van der Waals surface area contributed by atoms with Crippen molar-refractivity contribution in [3.05, 3.63) is 40.2 Å². The van der Waals surface area contributed by atoms with Gasteiger partial charge in [0.05, 0.1) is 20.8 Å². The zero-order valence-corrected chi connectivity index (χ0v) is 17.5. The number of piperidine rings is 1. The molecule has 1 aliphatic rings. The standard InChI is InChI=1S/C19H16ClF2N3O2S.ClH/c20-12-8-13(21)11(7-14(12)22)18-23-15-3-5-28-17(15)19(24-18)25-4-1-2-10(9-25)6-16(26)27;/h3,5,7-8,10H,1-2,4,6,9H2,(H,26,27);1H. The average molecular weight is 460 g/mol. The van der Waals surface area contributed by atoms with Gasteiger partial charge in [-0.3, -0.25) is 4.79 Å². The van der Waals surface area contributed by atoms with Crippen molar-refractivity contribution < 1.29 is 18.7 Å². The largest absolute Gasteiger partial charge is 0.481 e. The van der Waals surface area contributed by atoms with Crippen molar-refractivity contribution in [1.29, 1.82) is 0 Å². The van der Waals surface area contributed by atoms with Crippen LogP contribution in [0.3, 0.4) is 0 Å². The third-order valence-corrected chi connectivity index (χ3v) is 6.01. The molecule has 5 nitrogen and oxygen atoms in total. The van der Waals surface area contributed by atoms with E-state index >= 15 is 0 Å². The summed E-state index contributed by atoms with van der Waals surface area (Å²) in [7, 11) is 0. The molecule has 4 rings (SSSR count). The molecule has 1 N–H and O–H groups in total. The van der Waals surface area contributed by atoms with Gasteiger partial charge < -0.3 is 10.0 Å². The second-order valence-corrected chi connectivity index (χ2v) is 8.13. The highest BCUT2D eigenvalue weighted by atomic mass is 35.5. The Morgan fingerprint density at radius 2 is 2.10 bits per heavy atom. The van der Waals surface area contributed by atoms with Crippen LogP contribution in [0.4, 0.5) is 14.6 Å². The molecule has 0 amide bonds. The smallest absolute Gasteiger partial charge is 0.303 e. The number of aliphatic carboxylic acids is 1. The van der Waals surface area contributed by atoms with Crippen molar-refractivity contribution in [2.24, 2.45) is 5.92 Å². The second-order valence-electron chi connectivity index (χ2n) is 6.80. The number of anilines is 1. The Balaban J connectivity index is 0.00000240. The van der Waals surface area contributed by atoms with E-state index in [1.165, 1.54) is 11.3 Å². The van der Waals surface area contributed by atoms with E-state index in [-0.39, 0.29) is 41.2 Å². The number of thiophene rings is 1. The highest BCUT2D eigenvalue weighted by Gasteiger charge is 2.26. The summed E-state index contributed by atoms with van der Waals surface area (Å²) < 4.78 is 29.2. The van der Waals surface area contributed by atoms with Crippen molar-refractivity contribution in [3.63, 3.8) is 0 Å². The van der Waals surface area contributed by atoms with Gasteiger partial charge in [-0.2, -0.15) is 0 Å². The number of hydrogen-bond acceptors (Lipinski definition) is 5. The predicted molar refractivity (Wildman–Crippen MR) is 112 cm³/mol. The molecule has 1 aliphatic heterocycles. The Morgan fingerprint density at radius 1 is 1.31 bits per heavy atom. The number of fused-ring (bicyclic) bond motifs is 1. The van der Waals surface area contributed by atoms with Gasteiger partial charge in [0.1, 0.15) is 11.6 Å². The Labute approximate surface area is 180 Å².